The standard InChI is InChI=1S/C11H16ClNO/c1-8(2)10-6-9(13-7-12)4-5-11(10)14-3/h4-6,8,13H,7H2,1-3H3. The van der Waals surface area contributed by atoms with E-state index in [1.807, 2.05) is 12.1 Å². The predicted octanol–water partition coefficient (Wildman–Crippen LogP) is 3.43. The molecule has 3 heteroatoms. The van der Waals surface area contributed by atoms with Gasteiger partial charge in [-0.3, -0.25) is 0 Å². The van der Waals surface area contributed by atoms with Gasteiger partial charge in [0.2, 0.25) is 0 Å². The van der Waals surface area contributed by atoms with Crippen molar-refractivity contribution in [1.82, 2.24) is 0 Å². The van der Waals surface area contributed by atoms with Gasteiger partial charge in [0.05, 0.1) is 13.1 Å². The van der Waals surface area contributed by atoms with E-state index in [4.69, 9.17) is 16.3 Å². The van der Waals surface area contributed by atoms with Crippen molar-refractivity contribution in [3.05, 3.63) is 23.8 Å². The van der Waals surface area contributed by atoms with Gasteiger partial charge in [-0.1, -0.05) is 13.8 Å². The van der Waals surface area contributed by atoms with Gasteiger partial charge in [-0.05, 0) is 29.7 Å². The van der Waals surface area contributed by atoms with Crippen molar-refractivity contribution in [3.63, 3.8) is 0 Å². The number of alkyl halides is 1. The summed E-state index contributed by atoms with van der Waals surface area (Å²) in [7, 11) is 1.69. The highest BCUT2D eigenvalue weighted by molar-refractivity contribution is 6.18. The number of hydrogen-bond acceptors (Lipinski definition) is 2. The zero-order chi connectivity index (χ0) is 10.6. The highest BCUT2D eigenvalue weighted by Gasteiger charge is 2.07. The van der Waals surface area contributed by atoms with E-state index in [1.54, 1.807) is 7.11 Å². The molecule has 0 amide bonds. The summed E-state index contributed by atoms with van der Waals surface area (Å²) in [5, 5.41) is 3.06. The minimum absolute atomic E-state index is 0.421. The molecule has 0 aliphatic rings. The van der Waals surface area contributed by atoms with Gasteiger partial charge < -0.3 is 10.1 Å². The largest absolute Gasteiger partial charge is 0.496 e. The van der Waals surface area contributed by atoms with E-state index in [-0.39, 0.29) is 0 Å². The molecule has 0 saturated heterocycles. The molecule has 0 spiro atoms. The molecule has 1 N–H and O–H groups in total. The second-order valence-electron chi connectivity index (χ2n) is 3.42. The summed E-state index contributed by atoms with van der Waals surface area (Å²) in [6.45, 7) is 4.28. The Morgan fingerprint density at radius 3 is 2.64 bits per heavy atom. The smallest absolute Gasteiger partial charge is 0.122 e. The highest BCUT2D eigenvalue weighted by Crippen LogP contribution is 2.28. The monoisotopic (exact) mass is 213 g/mol. The second-order valence-corrected chi connectivity index (χ2v) is 3.69. The molecular weight excluding hydrogens is 198 g/mol. The molecule has 0 unspecified atom stereocenters. The van der Waals surface area contributed by atoms with Gasteiger partial charge in [0.15, 0.2) is 0 Å². The zero-order valence-corrected chi connectivity index (χ0v) is 9.56. The molecule has 1 aromatic rings. The van der Waals surface area contributed by atoms with Gasteiger partial charge in [0, 0.05) is 5.69 Å². The molecule has 0 heterocycles. The minimum Gasteiger partial charge on any atom is -0.496 e. The van der Waals surface area contributed by atoms with Crippen LogP contribution < -0.4 is 10.1 Å². The van der Waals surface area contributed by atoms with E-state index in [2.05, 4.69) is 25.2 Å². The second kappa shape index (κ2) is 5.11. The van der Waals surface area contributed by atoms with Crippen LogP contribution in [0.25, 0.3) is 0 Å². The fourth-order valence-electron chi connectivity index (χ4n) is 1.37. The first kappa shape index (κ1) is 11.2. The van der Waals surface area contributed by atoms with E-state index in [0.29, 0.717) is 11.9 Å². The van der Waals surface area contributed by atoms with E-state index in [1.165, 1.54) is 5.56 Å². The molecule has 0 atom stereocenters. The van der Waals surface area contributed by atoms with Crippen LogP contribution in [0.4, 0.5) is 5.69 Å². The highest BCUT2D eigenvalue weighted by atomic mass is 35.5. The third-order valence-corrected chi connectivity index (χ3v) is 2.26. The Bertz CT molecular complexity index is 299. The molecule has 0 aliphatic carbocycles. The molecule has 78 valence electrons. The van der Waals surface area contributed by atoms with Gasteiger partial charge in [-0.2, -0.15) is 0 Å². The molecule has 0 aliphatic heterocycles. The Morgan fingerprint density at radius 2 is 2.14 bits per heavy atom. The Balaban J connectivity index is 3.01. The molecule has 0 bridgehead atoms. The normalized spacial score (nSPS) is 10.4. The Kier molecular flexibility index (Phi) is 4.08. The molecule has 14 heavy (non-hydrogen) atoms. The fraction of sp³-hybridized carbons (Fsp3) is 0.455. The lowest BCUT2D eigenvalue weighted by atomic mass is 10.0. The Hall–Kier alpha value is -0.890. The first-order chi connectivity index (χ1) is 6.69. The first-order valence-electron chi connectivity index (χ1n) is 4.66. The van der Waals surface area contributed by atoms with Crippen LogP contribution in [0.1, 0.15) is 25.3 Å². The van der Waals surface area contributed by atoms with Crippen LogP contribution in [0.3, 0.4) is 0 Å². The number of methoxy groups -OCH3 is 1. The first-order valence-corrected chi connectivity index (χ1v) is 5.20. The number of hydrogen-bond donors (Lipinski definition) is 1. The maximum Gasteiger partial charge on any atom is 0.122 e. The van der Waals surface area contributed by atoms with Crippen molar-refractivity contribution in [2.45, 2.75) is 19.8 Å². The maximum absolute atomic E-state index is 5.60. The lowest BCUT2D eigenvalue weighted by Crippen LogP contribution is -1.98. The molecule has 1 rings (SSSR count). The predicted molar refractivity (Wildman–Crippen MR) is 61.4 cm³/mol. The van der Waals surface area contributed by atoms with Crippen LogP contribution in [0.5, 0.6) is 5.75 Å². The van der Waals surface area contributed by atoms with Crippen LogP contribution in [0.2, 0.25) is 0 Å². The molecule has 0 radical (unpaired) electrons. The number of benzene rings is 1. The summed E-state index contributed by atoms with van der Waals surface area (Å²) in [6.07, 6.45) is 0. The molecule has 0 fully saturated rings. The third-order valence-electron chi connectivity index (χ3n) is 2.12. The SMILES string of the molecule is COc1ccc(NCCl)cc1C(C)C. The average molecular weight is 214 g/mol. The number of ether oxygens (including phenoxy) is 1. The van der Waals surface area contributed by atoms with Crippen LogP contribution in [-0.2, 0) is 0 Å². The summed E-state index contributed by atoms with van der Waals surface area (Å²) < 4.78 is 5.28. The number of anilines is 1. The van der Waals surface area contributed by atoms with Crippen LogP contribution in [-0.4, -0.2) is 13.1 Å². The molecule has 0 saturated carbocycles. The van der Waals surface area contributed by atoms with Gasteiger partial charge >= 0.3 is 0 Å². The molecule has 2 nitrogen and oxygen atoms in total. The van der Waals surface area contributed by atoms with Crippen molar-refractivity contribution in [2.75, 3.05) is 18.4 Å². The molecule has 0 aromatic heterocycles. The van der Waals surface area contributed by atoms with Crippen molar-refractivity contribution >= 4 is 17.3 Å². The summed E-state index contributed by atoms with van der Waals surface area (Å²) >= 11 is 5.60. The van der Waals surface area contributed by atoms with Crippen molar-refractivity contribution in [1.29, 1.82) is 0 Å². The average Bonchev–Trinajstić information content (AvgIpc) is 2.18. The summed E-state index contributed by atoms with van der Waals surface area (Å²) in [6, 6.07) is 6.42. The van der Waals surface area contributed by atoms with Crippen molar-refractivity contribution < 1.29 is 4.74 Å². The number of rotatable bonds is 4. The topological polar surface area (TPSA) is 21.3 Å². The Labute approximate surface area is 90.2 Å². The quantitative estimate of drug-likeness (QED) is 0.611. The van der Waals surface area contributed by atoms with Gasteiger partial charge in [0.1, 0.15) is 5.75 Å². The molecule has 1 aromatic carbocycles. The van der Waals surface area contributed by atoms with E-state index in [0.717, 1.165) is 11.4 Å². The van der Waals surface area contributed by atoms with Gasteiger partial charge in [-0.25, -0.2) is 0 Å². The fourth-order valence-corrected chi connectivity index (χ4v) is 1.53. The summed E-state index contributed by atoms with van der Waals surface area (Å²) in [5.41, 5.74) is 2.23. The zero-order valence-electron chi connectivity index (χ0n) is 8.80. The van der Waals surface area contributed by atoms with Crippen LogP contribution in [0.15, 0.2) is 18.2 Å². The van der Waals surface area contributed by atoms with Crippen molar-refractivity contribution in [2.24, 2.45) is 0 Å². The van der Waals surface area contributed by atoms with E-state index in [9.17, 15) is 0 Å². The summed E-state index contributed by atoms with van der Waals surface area (Å²) in [5.74, 6) is 1.38. The number of nitrogens with one attached hydrogen (secondary N) is 1. The van der Waals surface area contributed by atoms with Gasteiger partial charge in [0.25, 0.3) is 0 Å². The van der Waals surface area contributed by atoms with Crippen LogP contribution >= 0.6 is 11.6 Å². The summed E-state index contributed by atoms with van der Waals surface area (Å²) in [4.78, 5) is 0. The Morgan fingerprint density at radius 1 is 1.43 bits per heavy atom. The lowest BCUT2D eigenvalue weighted by Gasteiger charge is -2.13. The molecular formula is C11H16ClNO. The third kappa shape index (κ3) is 2.55. The maximum atomic E-state index is 5.60. The lowest BCUT2D eigenvalue weighted by molar-refractivity contribution is 0.407. The van der Waals surface area contributed by atoms with E-state index >= 15 is 0 Å². The minimum atomic E-state index is 0.421. The van der Waals surface area contributed by atoms with Crippen molar-refractivity contribution in [3.8, 4) is 5.75 Å². The van der Waals surface area contributed by atoms with E-state index < -0.39 is 0 Å². The van der Waals surface area contributed by atoms with Crippen LogP contribution in [0, 0.1) is 0 Å². The number of halogens is 1. The van der Waals surface area contributed by atoms with Gasteiger partial charge in [-0.15, -0.1) is 11.6 Å².